The predicted molar refractivity (Wildman–Crippen MR) is 109 cm³/mol. The van der Waals surface area contributed by atoms with Crippen LogP contribution in [-0.2, 0) is 0 Å². The topological polar surface area (TPSA) is 74.9 Å². The molecule has 0 unspecified atom stereocenters. The van der Waals surface area contributed by atoms with Gasteiger partial charge >= 0.3 is 12.0 Å². The van der Waals surface area contributed by atoms with Gasteiger partial charge in [0.2, 0.25) is 0 Å². The summed E-state index contributed by atoms with van der Waals surface area (Å²) in [4.78, 5) is 23.3. The molecule has 2 fully saturated rings. The molecule has 156 valence electrons. The Morgan fingerprint density at radius 1 is 1.21 bits per heavy atom. The molecule has 1 aromatic carbocycles. The Balaban J connectivity index is 1.61. The maximum absolute atomic E-state index is 12.9. The summed E-state index contributed by atoms with van der Waals surface area (Å²) >= 11 is 0. The molecule has 29 heavy (non-hydrogen) atoms. The first-order valence-corrected chi connectivity index (χ1v) is 10.1. The first-order valence-electron chi connectivity index (χ1n) is 10.1. The number of anilines is 1. The number of rotatable bonds is 4. The second-order valence-electron chi connectivity index (χ2n) is 8.47. The minimum Gasteiger partial charge on any atom is -0.497 e. The fourth-order valence-electron chi connectivity index (χ4n) is 4.47. The average molecular weight is 399 g/mol. The quantitative estimate of drug-likeness (QED) is 0.787. The first-order chi connectivity index (χ1) is 13.9. The van der Waals surface area contributed by atoms with Crippen LogP contribution in [0.1, 0.15) is 37.2 Å². The molecular formula is C21H29N5O3. The van der Waals surface area contributed by atoms with E-state index in [9.17, 15) is 4.79 Å². The van der Waals surface area contributed by atoms with Gasteiger partial charge in [-0.2, -0.15) is 4.98 Å². The minimum absolute atomic E-state index is 0.0123. The van der Waals surface area contributed by atoms with Crippen molar-refractivity contribution in [2.24, 2.45) is 11.8 Å². The van der Waals surface area contributed by atoms with Crippen LogP contribution in [0, 0.1) is 11.8 Å². The van der Waals surface area contributed by atoms with Gasteiger partial charge in [0.1, 0.15) is 5.75 Å². The molecule has 4 rings (SSSR count). The van der Waals surface area contributed by atoms with Gasteiger partial charge in [0.05, 0.1) is 13.2 Å². The molecular weight excluding hydrogens is 370 g/mol. The van der Waals surface area contributed by atoms with Crippen molar-refractivity contribution in [3.63, 3.8) is 0 Å². The third kappa shape index (κ3) is 3.52. The lowest BCUT2D eigenvalue weighted by Gasteiger charge is -2.31. The second-order valence-corrected chi connectivity index (χ2v) is 8.47. The highest BCUT2D eigenvalue weighted by Gasteiger charge is 2.50. The van der Waals surface area contributed by atoms with Crippen molar-refractivity contribution in [1.29, 1.82) is 0 Å². The molecule has 0 saturated carbocycles. The lowest BCUT2D eigenvalue weighted by molar-refractivity contribution is 0.159. The van der Waals surface area contributed by atoms with E-state index in [-0.39, 0.29) is 18.0 Å². The summed E-state index contributed by atoms with van der Waals surface area (Å²) in [6.07, 6.45) is 0. The molecule has 2 aliphatic rings. The van der Waals surface area contributed by atoms with Gasteiger partial charge in [0, 0.05) is 51.5 Å². The van der Waals surface area contributed by atoms with Crippen LogP contribution in [0.2, 0.25) is 0 Å². The summed E-state index contributed by atoms with van der Waals surface area (Å²) in [6, 6.07) is 8.69. The highest BCUT2D eigenvalue weighted by Crippen LogP contribution is 2.46. The molecule has 1 aromatic heterocycles. The monoisotopic (exact) mass is 399 g/mol. The van der Waals surface area contributed by atoms with Crippen molar-refractivity contribution in [2.45, 2.75) is 25.8 Å². The normalized spacial score (nSPS) is 23.6. The Morgan fingerprint density at radius 2 is 1.93 bits per heavy atom. The van der Waals surface area contributed by atoms with E-state index in [2.05, 4.69) is 41.0 Å². The largest absolute Gasteiger partial charge is 0.497 e. The van der Waals surface area contributed by atoms with Crippen molar-refractivity contribution in [3.8, 4) is 5.75 Å². The predicted octanol–water partition coefficient (Wildman–Crippen LogP) is 2.99. The van der Waals surface area contributed by atoms with Gasteiger partial charge in [-0.25, -0.2) is 4.79 Å². The van der Waals surface area contributed by atoms with Crippen LogP contribution in [0.15, 0.2) is 28.8 Å². The number of aromatic nitrogens is 2. The number of amides is 2. The van der Waals surface area contributed by atoms with Crippen LogP contribution in [0.3, 0.4) is 0 Å². The number of nitrogens with zero attached hydrogens (tertiary/aromatic N) is 5. The van der Waals surface area contributed by atoms with Crippen LogP contribution in [-0.4, -0.2) is 66.8 Å². The fourth-order valence-corrected chi connectivity index (χ4v) is 4.47. The summed E-state index contributed by atoms with van der Waals surface area (Å²) < 4.78 is 10.8. The van der Waals surface area contributed by atoms with Gasteiger partial charge in [-0.15, -0.1) is 0 Å². The molecule has 0 aliphatic carbocycles. The number of benzene rings is 1. The SMILES string of the molecule is COc1ccc([C@H]2[C@@H]3CN(c4nc(C(C)C)no4)C[C@@H]3CN2C(=O)N(C)C)cc1. The first kappa shape index (κ1) is 19.5. The molecule has 8 nitrogen and oxygen atoms in total. The molecule has 0 radical (unpaired) electrons. The van der Waals surface area contributed by atoms with Crippen molar-refractivity contribution in [2.75, 3.05) is 45.7 Å². The van der Waals surface area contributed by atoms with Gasteiger partial charge in [-0.05, 0) is 17.7 Å². The van der Waals surface area contributed by atoms with E-state index >= 15 is 0 Å². The highest BCUT2D eigenvalue weighted by atomic mass is 16.5. The number of carbonyl (C=O) groups excluding carboxylic acids is 1. The van der Waals surface area contributed by atoms with Crippen LogP contribution >= 0.6 is 0 Å². The van der Waals surface area contributed by atoms with Crippen LogP contribution in [0.4, 0.5) is 10.8 Å². The maximum atomic E-state index is 12.9. The minimum atomic E-state index is 0.0123. The van der Waals surface area contributed by atoms with E-state index in [0.717, 1.165) is 36.8 Å². The summed E-state index contributed by atoms with van der Waals surface area (Å²) in [5.74, 6) is 2.44. The molecule has 2 saturated heterocycles. The zero-order valence-electron chi connectivity index (χ0n) is 17.7. The van der Waals surface area contributed by atoms with Crippen molar-refractivity contribution >= 4 is 12.0 Å². The van der Waals surface area contributed by atoms with Crippen molar-refractivity contribution in [3.05, 3.63) is 35.7 Å². The molecule has 3 heterocycles. The lowest BCUT2D eigenvalue weighted by Crippen LogP contribution is -2.41. The molecule has 2 amide bonds. The number of likely N-dealkylation sites (tertiary alicyclic amines) is 1. The van der Waals surface area contributed by atoms with E-state index < -0.39 is 0 Å². The van der Waals surface area contributed by atoms with Crippen LogP contribution in [0.25, 0.3) is 0 Å². The highest BCUT2D eigenvalue weighted by molar-refractivity contribution is 5.75. The van der Waals surface area contributed by atoms with Gasteiger partial charge in [0.25, 0.3) is 0 Å². The van der Waals surface area contributed by atoms with E-state index in [0.29, 0.717) is 17.9 Å². The molecule has 0 bridgehead atoms. The fraction of sp³-hybridized carbons (Fsp3) is 0.571. The van der Waals surface area contributed by atoms with E-state index in [1.165, 1.54) is 0 Å². The Morgan fingerprint density at radius 3 is 2.52 bits per heavy atom. The number of hydrogen-bond donors (Lipinski definition) is 0. The molecule has 0 N–H and O–H groups in total. The van der Waals surface area contributed by atoms with E-state index in [1.807, 2.05) is 17.0 Å². The summed E-state index contributed by atoms with van der Waals surface area (Å²) in [6.45, 7) is 6.43. The Kier molecular flexibility index (Phi) is 5.10. The molecule has 2 aliphatic heterocycles. The van der Waals surface area contributed by atoms with Gasteiger partial charge in [0.15, 0.2) is 5.82 Å². The summed E-state index contributed by atoms with van der Waals surface area (Å²) in [7, 11) is 5.27. The zero-order valence-corrected chi connectivity index (χ0v) is 17.7. The summed E-state index contributed by atoms with van der Waals surface area (Å²) in [5.41, 5.74) is 1.13. The van der Waals surface area contributed by atoms with Gasteiger partial charge < -0.3 is 24.0 Å². The summed E-state index contributed by atoms with van der Waals surface area (Å²) in [5, 5.41) is 4.10. The standard InChI is InChI=1S/C21H29N5O3/c1-13(2)19-22-20(29-23-19)25-10-15-11-26(21(27)24(3)4)18(17(15)12-25)14-6-8-16(28-5)9-7-14/h6-9,13,15,17-18H,10-12H2,1-5H3/t15-,17-,18+/m1/s1. The number of fused-ring (bicyclic) bond motifs is 1. The van der Waals surface area contributed by atoms with Crippen molar-refractivity contribution in [1.82, 2.24) is 19.9 Å². The molecule has 2 aromatic rings. The smallest absolute Gasteiger partial charge is 0.324 e. The van der Waals surface area contributed by atoms with E-state index in [4.69, 9.17) is 9.26 Å². The molecule has 0 spiro atoms. The Labute approximate surface area is 171 Å². The van der Waals surface area contributed by atoms with Crippen LogP contribution in [0.5, 0.6) is 5.75 Å². The molecule has 8 heteroatoms. The number of ether oxygens (including phenoxy) is 1. The Hall–Kier alpha value is -2.77. The zero-order chi connectivity index (χ0) is 20.7. The maximum Gasteiger partial charge on any atom is 0.324 e. The number of hydrogen-bond acceptors (Lipinski definition) is 6. The number of methoxy groups -OCH3 is 1. The van der Waals surface area contributed by atoms with Crippen molar-refractivity contribution < 1.29 is 14.1 Å². The van der Waals surface area contributed by atoms with Gasteiger partial charge in [-0.3, -0.25) is 0 Å². The Bertz CT molecular complexity index is 863. The second kappa shape index (κ2) is 7.57. The average Bonchev–Trinajstić information content (AvgIpc) is 3.41. The van der Waals surface area contributed by atoms with E-state index in [1.54, 1.807) is 26.1 Å². The van der Waals surface area contributed by atoms with Crippen LogP contribution < -0.4 is 9.64 Å². The van der Waals surface area contributed by atoms with Gasteiger partial charge in [-0.1, -0.05) is 31.1 Å². The third-order valence-corrected chi connectivity index (χ3v) is 5.97. The number of urea groups is 1. The molecule has 3 atom stereocenters. The lowest BCUT2D eigenvalue weighted by atomic mass is 9.89. The third-order valence-electron chi connectivity index (χ3n) is 5.97. The number of carbonyl (C=O) groups is 1.